The second-order valence-electron chi connectivity index (χ2n) is 12.7. The highest BCUT2D eigenvalue weighted by Gasteiger charge is 2.30. The van der Waals surface area contributed by atoms with Gasteiger partial charge < -0.3 is 18.0 Å². The topological polar surface area (TPSA) is 71.1 Å². The van der Waals surface area contributed by atoms with Crippen molar-refractivity contribution in [1.82, 2.24) is 0 Å². The Morgan fingerprint density at radius 2 is 1.53 bits per heavy atom. The third-order valence-electron chi connectivity index (χ3n) is 5.15. The standard InChI is InChI=1S/C27H46O6Si3/c1-20-16-23(31-34(2,3)4)18-22(28)15-13-11-12-14-21-17-24(32-35(5,6)7)19-25(33-36(8,9)10)26(21)27(29)30-20/h12,14,17,19-20,23H,11,13,15-16,18H2,1-10H3. The van der Waals surface area contributed by atoms with Crippen LogP contribution in [0.5, 0.6) is 11.5 Å². The number of esters is 1. The van der Waals surface area contributed by atoms with Gasteiger partial charge in [-0.05, 0) is 90.3 Å². The minimum atomic E-state index is -2.04. The Kier molecular flexibility index (Phi) is 10.4. The van der Waals surface area contributed by atoms with Crippen molar-refractivity contribution in [3.63, 3.8) is 0 Å². The highest BCUT2D eigenvalue weighted by molar-refractivity contribution is 6.71. The molecular formula is C27H46O6Si3. The van der Waals surface area contributed by atoms with Crippen molar-refractivity contribution in [2.24, 2.45) is 0 Å². The van der Waals surface area contributed by atoms with Gasteiger partial charge in [-0.15, -0.1) is 0 Å². The molecule has 0 saturated heterocycles. The molecule has 0 bridgehead atoms. The Morgan fingerprint density at radius 3 is 2.11 bits per heavy atom. The lowest BCUT2D eigenvalue weighted by Gasteiger charge is -2.29. The first-order valence-electron chi connectivity index (χ1n) is 13.0. The van der Waals surface area contributed by atoms with Crippen LogP contribution in [0.1, 0.15) is 54.9 Å². The number of hydrogen-bond donors (Lipinski definition) is 0. The summed E-state index contributed by atoms with van der Waals surface area (Å²) in [5, 5.41) is 0. The lowest BCUT2D eigenvalue weighted by atomic mass is 10.0. The third-order valence-corrected chi connectivity index (χ3v) is 7.87. The van der Waals surface area contributed by atoms with Crippen LogP contribution >= 0.6 is 0 Å². The predicted molar refractivity (Wildman–Crippen MR) is 155 cm³/mol. The molecule has 1 aromatic rings. The van der Waals surface area contributed by atoms with Crippen LogP contribution in [0.25, 0.3) is 6.08 Å². The average Bonchev–Trinajstić information content (AvgIpc) is 2.62. The summed E-state index contributed by atoms with van der Waals surface area (Å²) in [4.78, 5) is 26.2. The van der Waals surface area contributed by atoms with Crippen LogP contribution in [-0.2, 0) is 14.0 Å². The molecule has 1 aliphatic rings. The fourth-order valence-electron chi connectivity index (χ4n) is 4.10. The number of ether oxygens (including phenoxy) is 1. The van der Waals surface area contributed by atoms with Crippen molar-refractivity contribution in [1.29, 1.82) is 0 Å². The normalized spacial score (nSPS) is 20.8. The maximum atomic E-state index is 13.6. The monoisotopic (exact) mass is 550 g/mol. The minimum Gasteiger partial charge on any atom is -0.544 e. The molecule has 6 nitrogen and oxygen atoms in total. The summed E-state index contributed by atoms with van der Waals surface area (Å²) in [6, 6.07) is 3.75. The minimum absolute atomic E-state index is 0.194. The van der Waals surface area contributed by atoms with E-state index in [1.165, 1.54) is 0 Å². The van der Waals surface area contributed by atoms with E-state index in [9.17, 15) is 9.59 Å². The lowest BCUT2D eigenvalue weighted by Crippen LogP contribution is -2.36. The summed E-state index contributed by atoms with van der Waals surface area (Å²) in [5.74, 6) is 0.981. The van der Waals surface area contributed by atoms with E-state index in [0.29, 0.717) is 36.3 Å². The molecule has 0 radical (unpaired) electrons. The fourth-order valence-corrected chi connectivity index (χ4v) is 6.93. The molecule has 0 aliphatic carbocycles. The van der Waals surface area contributed by atoms with Gasteiger partial charge in [0.2, 0.25) is 16.6 Å². The lowest BCUT2D eigenvalue weighted by molar-refractivity contribution is -0.121. The third kappa shape index (κ3) is 11.1. The summed E-state index contributed by atoms with van der Waals surface area (Å²) in [6.45, 7) is 20.8. The molecule has 2 atom stereocenters. The van der Waals surface area contributed by atoms with Crippen LogP contribution < -0.4 is 8.85 Å². The van der Waals surface area contributed by atoms with E-state index < -0.39 is 37.0 Å². The number of rotatable bonds is 6. The van der Waals surface area contributed by atoms with E-state index in [4.69, 9.17) is 18.0 Å². The molecule has 9 heteroatoms. The van der Waals surface area contributed by atoms with Gasteiger partial charge in [-0.1, -0.05) is 12.2 Å². The van der Waals surface area contributed by atoms with E-state index in [1.807, 2.05) is 31.2 Å². The zero-order chi connectivity index (χ0) is 27.3. The van der Waals surface area contributed by atoms with Crippen LogP contribution in [0.3, 0.4) is 0 Å². The first-order valence-corrected chi connectivity index (χ1v) is 23.3. The molecule has 1 aromatic carbocycles. The summed E-state index contributed by atoms with van der Waals surface area (Å²) >= 11 is 0. The summed E-state index contributed by atoms with van der Waals surface area (Å²) < 4.78 is 25.0. The van der Waals surface area contributed by atoms with Crippen LogP contribution in [-0.4, -0.2) is 48.9 Å². The van der Waals surface area contributed by atoms with Gasteiger partial charge in [0, 0.05) is 25.3 Å². The molecule has 0 aromatic heterocycles. The molecule has 0 fully saturated rings. The molecule has 202 valence electrons. The van der Waals surface area contributed by atoms with Crippen molar-refractivity contribution in [3.8, 4) is 11.5 Å². The second-order valence-corrected chi connectivity index (χ2v) is 26.0. The van der Waals surface area contributed by atoms with Gasteiger partial charge in [0.1, 0.15) is 28.9 Å². The smallest absolute Gasteiger partial charge is 0.342 e. The Labute approximate surface area is 221 Å². The van der Waals surface area contributed by atoms with E-state index in [2.05, 4.69) is 58.9 Å². The number of carbonyl (C=O) groups is 2. The van der Waals surface area contributed by atoms with Gasteiger partial charge in [-0.2, -0.15) is 0 Å². The van der Waals surface area contributed by atoms with Crippen molar-refractivity contribution in [2.45, 2.75) is 110 Å². The molecule has 36 heavy (non-hydrogen) atoms. The fraction of sp³-hybridized carbons (Fsp3) is 0.630. The zero-order valence-electron chi connectivity index (χ0n) is 23.9. The highest BCUT2D eigenvalue weighted by Crippen LogP contribution is 2.34. The van der Waals surface area contributed by atoms with Gasteiger partial charge in [-0.3, -0.25) is 4.79 Å². The highest BCUT2D eigenvalue weighted by atomic mass is 28.4. The van der Waals surface area contributed by atoms with Crippen LogP contribution in [0.2, 0.25) is 58.9 Å². The number of ketones is 1. The number of fused-ring (bicyclic) bond motifs is 1. The number of hydrogen-bond acceptors (Lipinski definition) is 6. The molecule has 0 spiro atoms. The molecule has 2 rings (SSSR count). The average molecular weight is 551 g/mol. The van der Waals surface area contributed by atoms with Crippen LogP contribution in [0.15, 0.2) is 18.2 Å². The number of allylic oxidation sites excluding steroid dienone is 1. The number of carbonyl (C=O) groups excluding carboxylic acids is 2. The molecule has 1 aliphatic heterocycles. The van der Waals surface area contributed by atoms with Crippen LogP contribution in [0, 0.1) is 0 Å². The van der Waals surface area contributed by atoms with Gasteiger partial charge in [0.05, 0.1) is 6.10 Å². The number of cyclic esters (lactones) is 1. The van der Waals surface area contributed by atoms with E-state index >= 15 is 0 Å². The summed E-state index contributed by atoms with van der Waals surface area (Å²) in [5.41, 5.74) is 1.15. The molecule has 0 saturated carbocycles. The van der Waals surface area contributed by atoms with E-state index in [-0.39, 0.29) is 11.9 Å². The molecule has 1 heterocycles. The zero-order valence-corrected chi connectivity index (χ0v) is 26.9. The maximum absolute atomic E-state index is 13.6. The number of benzene rings is 1. The van der Waals surface area contributed by atoms with E-state index in [0.717, 1.165) is 18.4 Å². The van der Waals surface area contributed by atoms with Crippen molar-refractivity contribution >= 4 is 42.8 Å². The summed E-state index contributed by atoms with van der Waals surface area (Å²) in [6.07, 6.45) is 6.12. The van der Waals surface area contributed by atoms with Crippen molar-refractivity contribution < 1.29 is 27.6 Å². The second kappa shape index (κ2) is 12.2. The van der Waals surface area contributed by atoms with Crippen molar-refractivity contribution in [3.05, 3.63) is 29.3 Å². The first-order chi connectivity index (χ1) is 16.4. The molecule has 0 amide bonds. The van der Waals surface area contributed by atoms with Gasteiger partial charge in [0.25, 0.3) is 0 Å². The largest absolute Gasteiger partial charge is 0.544 e. The SMILES string of the molecule is CC1CC(O[Si](C)(C)C)CC(=O)CCCC=Cc2cc(O[Si](C)(C)C)cc(O[Si](C)(C)C)c2C(=O)O1. The summed E-state index contributed by atoms with van der Waals surface area (Å²) in [7, 11) is -5.81. The van der Waals surface area contributed by atoms with E-state index in [1.54, 1.807) is 0 Å². The Morgan fingerprint density at radius 1 is 0.889 bits per heavy atom. The van der Waals surface area contributed by atoms with Crippen LogP contribution in [0.4, 0.5) is 0 Å². The maximum Gasteiger partial charge on any atom is 0.342 e. The van der Waals surface area contributed by atoms with Gasteiger partial charge >= 0.3 is 5.97 Å². The Balaban J connectivity index is 2.54. The molecule has 2 unspecified atom stereocenters. The molecular weight excluding hydrogens is 505 g/mol. The number of Topliss-reactive ketones (excluding diaryl/α,β-unsaturated/α-hetero) is 1. The predicted octanol–water partition coefficient (Wildman–Crippen LogP) is 7.43. The first kappa shape index (κ1) is 30.5. The quantitative estimate of drug-likeness (QED) is 0.271. The Bertz CT molecular complexity index is 954. The Hall–Kier alpha value is -1.69. The van der Waals surface area contributed by atoms with Gasteiger partial charge in [-0.25, -0.2) is 4.79 Å². The van der Waals surface area contributed by atoms with Crippen molar-refractivity contribution in [2.75, 3.05) is 0 Å². The van der Waals surface area contributed by atoms with Gasteiger partial charge in [0.15, 0.2) is 8.32 Å². The molecule has 0 N–H and O–H groups in total.